The second-order valence-corrected chi connectivity index (χ2v) is 7.49. The van der Waals surface area contributed by atoms with Gasteiger partial charge in [0.05, 0.1) is 10.6 Å². The summed E-state index contributed by atoms with van der Waals surface area (Å²) >= 11 is 0. The van der Waals surface area contributed by atoms with Crippen molar-refractivity contribution in [3.05, 3.63) is 29.3 Å². The van der Waals surface area contributed by atoms with Crippen LogP contribution in [-0.2, 0) is 9.84 Å². The van der Waals surface area contributed by atoms with Crippen LogP contribution in [0.5, 0.6) is 0 Å². The maximum atomic E-state index is 12.6. The Morgan fingerprint density at radius 3 is 2.45 bits per heavy atom. The van der Waals surface area contributed by atoms with Gasteiger partial charge in [0.2, 0.25) is 0 Å². The van der Waals surface area contributed by atoms with Crippen molar-refractivity contribution in [2.24, 2.45) is 0 Å². The molecule has 0 aliphatic heterocycles. The van der Waals surface area contributed by atoms with Crippen LogP contribution in [0.1, 0.15) is 44.2 Å². The predicted octanol–water partition coefficient (Wildman–Crippen LogP) is 3.25. The van der Waals surface area contributed by atoms with Gasteiger partial charge in [-0.1, -0.05) is 32.4 Å². The van der Waals surface area contributed by atoms with Gasteiger partial charge >= 0.3 is 0 Å². The Kier molecular flexibility index (Phi) is 6.69. The number of hydrogen-bond acceptors (Lipinski definition) is 3. The Bertz CT molecular complexity index is 523. The molecule has 20 heavy (non-hydrogen) atoms. The van der Waals surface area contributed by atoms with E-state index in [0.717, 1.165) is 36.9 Å². The molecule has 0 amide bonds. The number of aryl methyl sites for hydroxylation is 2. The average Bonchev–Trinajstić information content (AvgIpc) is 2.38. The van der Waals surface area contributed by atoms with Crippen LogP contribution < -0.4 is 5.32 Å². The summed E-state index contributed by atoms with van der Waals surface area (Å²) in [5.41, 5.74) is 1.82. The molecule has 0 radical (unpaired) electrons. The highest BCUT2D eigenvalue weighted by molar-refractivity contribution is 7.91. The van der Waals surface area contributed by atoms with Gasteiger partial charge in [0.1, 0.15) is 0 Å². The third-order valence-electron chi connectivity index (χ3n) is 3.42. The van der Waals surface area contributed by atoms with Crippen LogP contribution in [0.15, 0.2) is 23.1 Å². The van der Waals surface area contributed by atoms with E-state index in [0.29, 0.717) is 4.90 Å². The fourth-order valence-corrected chi connectivity index (χ4v) is 4.26. The van der Waals surface area contributed by atoms with Crippen molar-refractivity contribution in [2.45, 2.75) is 57.9 Å². The fraction of sp³-hybridized carbons (Fsp3) is 0.625. The van der Waals surface area contributed by atoms with E-state index >= 15 is 0 Å². The summed E-state index contributed by atoms with van der Waals surface area (Å²) in [6.07, 6.45) is 2.90. The topological polar surface area (TPSA) is 46.2 Å². The number of benzene rings is 1. The molecule has 0 spiro atoms. The van der Waals surface area contributed by atoms with Crippen LogP contribution >= 0.6 is 0 Å². The Hall–Kier alpha value is -0.870. The highest BCUT2D eigenvalue weighted by Gasteiger charge is 2.22. The van der Waals surface area contributed by atoms with Crippen LogP contribution in [0.4, 0.5) is 0 Å². The second kappa shape index (κ2) is 7.79. The SMILES string of the molecule is CCCNC(CCC)CS(=O)(=O)c1cc(C)ccc1C. The van der Waals surface area contributed by atoms with Gasteiger partial charge in [-0.15, -0.1) is 0 Å². The van der Waals surface area contributed by atoms with Crippen molar-refractivity contribution in [1.29, 1.82) is 0 Å². The molecule has 0 saturated heterocycles. The Morgan fingerprint density at radius 1 is 1.15 bits per heavy atom. The van der Waals surface area contributed by atoms with Crippen molar-refractivity contribution in [2.75, 3.05) is 12.3 Å². The molecule has 114 valence electrons. The first-order valence-electron chi connectivity index (χ1n) is 7.44. The zero-order valence-corrected chi connectivity index (χ0v) is 13.9. The Labute approximate surface area is 123 Å². The van der Waals surface area contributed by atoms with E-state index in [-0.39, 0.29) is 11.8 Å². The summed E-state index contributed by atoms with van der Waals surface area (Å²) in [6, 6.07) is 5.67. The Morgan fingerprint density at radius 2 is 1.85 bits per heavy atom. The molecule has 1 atom stereocenters. The van der Waals surface area contributed by atoms with Crippen LogP contribution in [-0.4, -0.2) is 26.8 Å². The summed E-state index contributed by atoms with van der Waals surface area (Å²) in [7, 11) is -3.23. The minimum atomic E-state index is -3.23. The van der Waals surface area contributed by atoms with Crippen molar-refractivity contribution in [3.63, 3.8) is 0 Å². The molecule has 0 aromatic heterocycles. The maximum Gasteiger partial charge on any atom is 0.180 e. The van der Waals surface area contributed by atoms with Gasteiger partial charge in [-0.3, -0.25) is 0 Å². The van der Waals surface area contributed by atoms with E-state index in [9.17, 15) is 8.42 Å². The van der Waals surface area contributed by atoms with Gasteiger partial charge in [-0.05, 0) is 50.4 Å². The normalized spacial score (nSPS) is 13.4. The lowest BCUT2D eigenvalue weighted by atomic mass is 10.2. The standard InChI is InChI=1S/C16H27NO2S/c1-5-7-15(17-10-6-2)12-20(18,19)16-11-13(3)8-9-14(16)4/h8-9,11,15,17H,5-7,10,12H2,1-4H3. The van der Waals surface area contributed by atoms with Crippen LogP contribution in [0.3, 0.4) is 0 Å². The molecule has 0 aliphatic rings. The van der Waals surface area contributed by atoms with Crippen molar-refractivity contribution < 1.29 is 8.42 Å². The first-order chi connectivity index (χ1) is 9.40. The molecular formula is C16H27NO2S. The lowest BCUT2D eigenvalue weighted by molar-refractivity contribution is 0.499. The number of rotatable bonds is 8. The lowest BCUT2D eigenvalue weighted by Crippen LogP contribution is -2.36. The third-order valence-corrected chi connectivity index (χ3v) is 5.37. The summed E-state index contributed by atoms with van der Waals surface area (Å²) < 4.78 is 25.2. The largest absolute Gasteiger partial charge is 0.313 e. The molecule has 1 N–H and O–H groups in total. The minimum absolute atomic E-state index is 0.0462. The summed E-state index contributed by atoms with van der Waals surface area (Å²) in [5.74, 6) is 0.186. The molecule has 3 nitrogen and oxygen atoms in total. The van der Waals surface area contributed by atoms with E-state index < -0.39 is 9.84 Å². The quantitative estimate of drug-likeness (QED) is 0.801. The zero-order valence-electron chi connectivity index (χ0n) is 13.1. The second-order valence-electron chi connectivity index (χ2n) is 5.49. The zero-order chi connectivity index (χ0) is 15.2. The lowest BCUT2D eigenvalue weighted by Gasteiger charge is -2.18. The van der Waals surface area contributed by atoms with Gasteiger partial charge in [0, 0.05) is 6.04 Å². The van der Waals surface area contributed by atoms with E-state index in [1.807, 2.05) is 26.0 Å². The van der Waals surface area contributed by atoms with Gasteiger partial charge in [-0.25, -0.2) is 8.42 Å². The predicted molar refractivity (Wildman–Crippen MR) is 85.0 cm³/mol. The maximum absolute atomic E-state index is 12.6. The fourth-order valence-electron chi connectivity index (χ4n) is 2.34. The van der Waals surface area contributed by atoms with Gasteiger partial charge in [0.25, 0.3) is 0 Å². The molecule has 0 saturated carbocycles. The van der Waals surface area contributed by atoms with Crippen molar-refractivity contribution >= 4 is 9.84 Å². The van der Waals surface area contributed by atoms with Crippen LogP contribution in [0.25, 0.3) is 0 Å². The first kappa shape index (κ1) is 17.2. The molecule has 0 bridgehead atoms. The molecule has 1 aromatic rings. The average molecular weight is 297 g/mol. The van der Waals surface area contributed by atoms with E-state index in [1.54, 1.807) is 6.07 Å². The number of sulfone groups is 1. The molecule has 0 aliphatic carbocycles. The van der Waals surface area contributed by atoms with Crippen LogP contribution in [0.2, 0.25) is 0 Å². The summed E-state index contributed by atoms with van der Waals surface area (Å²) in [5, 5.41) is 3.35. The third kappa shape index (κ3) is 4.91. The highest BCUT2D eigenvalue weighted by atomic mass is 32.2. The van der Waals surface area contributed by atoms with E-state index in [1.165, 1.54) is 0 Å². The monoisotopic (exact) mass is 297 g/mol. The van der Waals surface area contributed by atoms with Crippen molar-refractivity contribution in [3.8, 4) is 0 Å². The molecule has 0 heterocycles. The Balaban J connectivity index is 2.93. The van der Waals surface area contributed by atoms with E-state index in [4.69, 9.17) is 0 Å². The molecular weight excluding hydrogens is 270 g/mol. The van der Waals surface area contributed by atoms with Gasteiger partial charge in [0.15, 0.2) is 9.84 Å². The summed E-state index contributed by atoms with van der Waals surface area (Å²) in [6.45, 7) is 8.84. The molecule has 1 aromatic carbocycles. The highest BCUT2D eigenvalue weighted by Crippen LogP contribution is 2.19. The molecule has 1 rings (SSSR count). The molecule has 0 fully saturated rings. The van der Waals surface area contributed by atoms with Crippen LogP contribution in [0, 0.1) is 13.8 Å². The first-order valence-corrected chi connectivity index (χ1v) is 9.09. The smallest absolute Gasteiger partial charge is 0.180 e. The minimum Gasteiger partial charge on any atom is -0.313 e. The van der Waals surface area contributed by atoms with Crippen molar-refractivity contribution in [1.82, 2.24) is 5.32 Å². The molecule has 4 heteroatoms. The molecule has 1 unspecified atom stereocenters. The van der Waals surface area contributed by atoms with Gasteiger partial charge in [-0.2, -0.15) is 0 Å². The number of hydrogen-bond donors (Lipinski definition) is 1. The summed E-state index contributed by atoms with van der Waals surface area (Å²) in [4.78, 5) is 0.483. The van der Waals surface area contributed by atoms with E-state index in [2.05, 4.69) is 19.2 Å². The van der Waals surface area contributed by atoms with Gasteiger partial charge < -0.3 is 5.32 Å². The number of nitrogens with one attached hydrogen (secondary N) is 1.